The molecule has 2 aromatic rings. The first kappa shape index (κ1) is 20.1. The van der Waals surface area contributed by atoms with E-state index in [1.165, 1.54) is 24.3 Å². The minimum Gasteiger partial charge on any atom is -0.228 e. The number of benzene rings is 2. The van der Waals surface area contributed by atoms with Crippen molar-refractivity contribution in [1.82, 2.24) is 0 Å². The van der Waals surface area contributed by atoms with Crippen LogP contribution < -0.4 is 0 Å². The minimum atomic E-state index is -3.94. The van der Waals surface area contributed by atoms with E-state index in [1.54, 1.807) is 25.1 Å². The summed E-state index contributed by atoms with van der Waals surface area (Å²) in [5.74, 6) is -1.21. The molecule has 2 unspecified atom stereocenters. The van der Waals surface area contributed by atoms with Gasteiger partial charge in [-0.1, -0.05) is 59.6 Å². The molecule has 1 aliphatic rings. The van der Waals surface area contributed by atoms with Crippen LogP contribution in [0.3, 0.4) is 0 Å². The van der Waals surface area contributed by atoms with Crippen LogP contribution in [0.1, 0.15) is 16.7 Å². The molecule has 0 bridgehead atoms. The predicted molar refractivity (Wildman–Crippen MR) is 105 cm³/mol. The van der Waals surface area contributed by atoms with Crippen molar-refractivity contribution < 1.29 is 17.2 Å². The molecule has 0 aromatic heterocycles. The zero-order valence-corrected chi connectivity index (χ0v) is 16.8. The van der Waals surface area contributed by atoms with Gasteiger partial charge in [0.05, 0.1) is 0 Å². The van der Waals surface area contributed by atoms with Gasteiger partial charge < -0.3 is 0 Å². The molecule has 3 rings (SSSR count). The Morgan fingerprint density at radius 1 is 0.963 bits per heavy atom. The monoisotopic (exact) mass is 428 g/mol. The molecule has 0 spiro atoms. The third-order valence-corrected chi connectivity index (χ3v) is 7.29. The van der Waals surface area contributed by atoms with E-state index in [9.17, 15) is 8.42 Å². The van der Waals surface area contributed by atoms with Crippen LogP contribution in [0.4, 0.5) is 8.78 Å². The summed E-state index contributed by atoms with van der Waals surface area (Å²) in [6.07, 6.45) is 3.82. The molecule has 2 aromatic carbocycles. The van der Waals surface area contributed by atoms with Crippen molar-refractivity contribution in [3.63, 3.8) is 0 Å². The van der Waals surface area contributed by atoms with Crippen molar-refractivity contribution in [2.75, 3.05) is 6.26 Å². The highest BCUT2D eigenvalue weighted by molar-refractivity contribution is 7.92. The average molecular weight is 429 g/mol. The Kier molecular flexibility index (Phi) is 5.00. The van der Waals surface area contributed by atoms with E-state index in [1.807, 2.05) is 0 Å². The number of hydrogen-bond acceptors (Lipinski definition) is 2. The van der Waals surface area contributed by atoms with Crippen LogP contribution >= 0.6 is 23.2 Å². The molecule has 2 atom stereocenters. The summed E-state index contributed by atoms with van der Waals surface area (Å²) in [5, 5.41) is 0.478. The Morgan fingerprint density at radius 3 is 2.00 bits per heavy atom. The van der Waals surface area contributed by atoms with Crippen LogP contribution in [0.2, 0.25) is 10.0 Å². The fraction of sp³-hybridized carbons (Fsp3) is 0.200. The van der Waals surface area contributed by atoms with E-state index in [4.69, 9.17) is 23.2 Å². The van der Waals surface area contributed by atoms with Gasteiger partial charge in [0.25, 0.3) is 0 Å². The fourth-order valence-electron chi connectivity index (χ4n) is 3.07. The van der Waals surface area contributed by atoms with Gasteiger partial charge in [0.2, 0.25) is 5.67 Å². The summed E-state index contributed by atoms with van der Waals surface area (Å²) in [5.41, 5.74) is -1.77. The van der Waals surface area contributed by atoms with Crippen molar-refractivity contribution in [1.29, 1.82) is 0 Å². The normalized spacial score (nSPS) is 25.3. The van der Waals surface area contributed by atoms with Crippen LogP contribution in [0.15, 0.2) is 66.5 Å². The average Bonchev–Trinajstić information content (AvgIpc) is 2.61. The van der Waals surface area contributed by atoms with Crippen molar-refractivity contribution >= 4 is 33.0 Å². The topological polar surface area (TPSA) is 34.1 Å². The number of rotatable bonds is 3. The van der Waals surface area contributed by atoms with E-state index in [0.29, 0.717) is 5.56 Å². The number of alkyl halides is 1. The first-order chi connectivity index (χ1) is 12.5. The highest BCUT2D eigenvalue weighted by Gasteiger charge is 2.48. The van der Waals surface area contributed by atoms with Crippen molar-refractivity contribution in [2.24, 2.45) is 0 Å². The van der Waals surface area contributed by atoms with Crippen molar-refractivity contribution in [3.05, 3.63) is 93.3 Å². The molecule has 1 aliphatic carbocycles. The Labute approximate surface area is 167 Å². The molecule has 7 heteroatoms. The molecule has 0 N–H and O–H groups in total. The van der Waals surface area contributed by atoms with Gasteiger partial charge in [-0.2, -0.15) is 0 Å². The Balaban J connectivity index is 2.25. The zero-order chi connectivity index (χ0) is 20.0. The number of allylic oxidation sites excluding steroid dienone is 2. The fourth-order valence-corrected chi connectivity index (χ4v) is 4.74. The van der Waals surface area contributed by atoms with E-state index in [-0.39, 0.29) is 21.2 Å². The largest absolute Gasteiger partial charge is 0.228 e. The van der Waals surface area contributed by atoms with Crippen LogP contribution in [0.5, 0.6) is 0 Å². The molecular formula is C20H16Cl2F2O2S. The highest BCUT2D eigenvalue weighted by atomic mass is 35.5. The van der Waals surface area contributed by atoms with Gasteiger partial charge in [0.15, 0.2) is 9.84 Å². The van der Waals surface area contributed by atoms with Gasteiger partial charge >= 0.3 is 0 Å². The lowest BCUT2D eigenvalue weighted by Gasteiger charge is -2.34. The first-order valence-corrected chi connectivity index (χ1v) is 10.7. The van der Waals surface area contributed by atoms with Gasteiger partial charge in [-0.15, -0.1) is 0 Å². The predicted octanol–water partition coefficient (Wildman–Crippen LogP) is 5.83. The van der Waals surface area contributed by atoms with Gasteiger partial charge in [0, 0.05) is 16.3 Å². The van der Waals surface area contributed by atoms with Crippen molar-refractivity contribution in [2.45, 2.75) is 17.3 Å². The standard InChI is InChI=1S/C20H16Cl2F2O2S/c1-13-16(21)10-15(11-17(13)22)19(27(2,25)26)8-9-20(24,18(23)12-19)14-6-4-3-5-7-14/h3-12H,1-2H3. The van der Waals surface area contributed by atoms with Crippen LogP contribution in [-0.2, 0) is 20.3 Å². The molecule has 0 heterocycles. The lowest BCUT2D eigenvalue weighted by atomic mass is 9.83. The van der Waals surface area contributed by atoms with Gasteiger partial charge in [-0.05, 0) is 47.9 Å². The third kappa shape index (κ3) is 3.22. The summed E-state index contributed by atoms with van der Waals surface area (Å²) in [6, 6.07) is 10.5. The van der Waals surface area contributed by atoms with Crippen molar-refractivity contribution in [3.8, 4) is 0 Å². The Hall–Kier alpha value is -1.69. The SMILES string of the molecule is Cc1c(Cl)cc(C2(S(C)(=O)=O)C=CC(F)(c3ccccc3)C(F)=C2)cc1Cl. The van der Waals surface area contributed by atoms with E-state index in [2.05, 4.69) is 0 Å². The lowest BCUT2D eigenvalue weighted by Crippen LogP contribution is -2.36. The number of halogens is 4. The highest BCUT2D eigenvalue weighted by Crippen LogP contribution is 2.47. The van der Waals surface area contributed by atoms with Crippen LogP contribution in [-0.4, -0.2) is 14.7 Å². The second kappa shape index (κ2) is 6.73. The zero-order valence-electron chi connectivity index (χ0n) is 14.5. The molecule has 2 nitrogen and oxygen atoms in total. The smallest absolute Gasteiger partial charge is 0.205 e. The van der Waals surface area contributed by atoms with E-state index < -0.39 is 26.1 Å². The van der Waals surface area contributed by atoms with E-state index in [0.717, 1.165) is 24.5 Å². The maximum atomic E-state index is 15.4. The summed E-state index contributed by atoms with van der Waals surface area (Å²) in [6.45, 7) is 1.68. The lowest BCUT2D eigenvalue weighted by molar-refractivity contribution is 0.232. The van der Waals surface area contributed by atoms with Gasteiger partial charge in [-0.25, -0.2) is 17.2 Å². The summed E-state index contributed by atoms with van der Waals surface area (Å²) in [4.78, 5) is 0. The van der Waals surface area contributed by atoms with Crippen LogP contribution in [0.25, 0.3) is 0 Å². The Bertz CT molecular complexity index is 1040. The third-order valence-electron chi connectivity index (χ3n) is 4.79. The Morgan fingerprint density at radius 2 is 1.52 bits per heavy atom. The van der Waals surface area contributed by atoms with E-state index >= 15 is 8.78 Å². The van der Waals surface area contributed by atoms with Gasteiger partial charge in [-0.3, -0.25) is 0 Å². The molecule has 0 aliphatic heterocycles. The number of hydrogen-bond donors (Lipinski definition) is 0. The minimum absolute atomic E-state index is 0.0667. The molecule has 27 heavy (non-hydrogen) atoms. The summed E-state index contributed by atoms with van der Waals surface area (Å²) < 4.78 is 53.8. The maximum Gasteiger partial charge on any atom is 0.205 e. The first-order valence-electron chi connectivity index (χ1n) is 8.01. The molecule has 0 radical (unpaired) electrons. The van der Waals surface area contributed by atoms with Gasteiger partial charge in [0.1, 0.15) is 10.6 Å². The summed E-state index contributed by atoms with van der Waals surface area (Å²) >= 11 is 12.3. The molecule has 0 amide bonds. The second-order valence-corrected chi connectivity index (χ2v) is 9.57. The van der Waals surface area contributed by atoms with Crippen LogP contribution in [0, 0.1) is 6.92 Å². The molecule has 0 saturated heterocycles. The summed E-state index contributed by atoms with van der Waals surface area (Å²) in [7, 11) is -3.94. The molecular weight excluding hydrogens is 413 g/mol. The molecule has 0 fully saturated rings. The second-order valence-electron chi connectivity index (χ2n) is 6.53. The molecule has 142 valence electrons. The maximum absolute atomic E-state index is 15.4. The molecule has 0 saturated carbocycles. The number of sulfone groups is 1. The quantitative estimate of drug-likeness (QED) is 0.576.